The molecule has 0 aromatic carbocycles. The summed E-state index contributed by atoms with van der Waals surface area (Å²) in [4.78, 5) is 4.31. The van der Waals surface area contributed by atoms with Crippen molar-refractivity contribution in [2.24, 2.45) is 0 Å². The number of hydrogen-bond acceptors (Lipinski definition) is 3. The lowest BCUT2D eigenvalue weighted by atomic mass is 10.2. The number of pyridine rings is 1. The smallest absolute Gasteiger partial charge is 0.153 e. The molecule has 0 atom stereocenters. The first-order valence-corrected chi connectivity index (χ1v) is 4.80. The molecule has 2 aromatic rings. The van der Waals surface area contributed by atoms with Gasteiger partial charge in [0.05, 0.1) is 17.5 Å². The van der Waals surface area contributed by atoms with E-state index >= 15 is 0 Å². The second-order valence-corrected chi connectivity index (χ2v) is 3.34. The lowest BCUT2D eigenvalue weighted by Crippen LogP contribution is -2.00. The summed E-state index contributed by atoms with van der Waals surface area (Å²) in [7, 11) is 0. The van der Waals surface area contributed by atoms with Crippen LogP contribution in [-0.4, -0.2) is 14.8 Å². The summed E-state index contributed by atoms with van der Waals surface area (Å²) in [5.41, 5.74) is 2.22. The van der Waals surface area contributed by atoms with E-state index < -0.39 is 0 Å². The van der Waals surface area contributed by atoms with Crippen LogP contribution in [0.2, 0.25) is 0 Å². The van der Waals surface area contributed by atoms with Crippen LogP contribution < -0.4 is 0 Å². The molecule has 78 valence electrons. The number of nitriles is 1. The van der Waals surface area contributed by atoms with Crippen molar-refractivity contribution < 1.29 is 0 Å². The standard InChI is InChI=1S/C12H10N4/c1-3-10-7-14-16(8-10)12-5-4-11(6-13)9(2)15-12/h3-5,7-8H,1H2,2H3. The minimum absolute atomic E-state index is 0.583. The van der Waals surface area contributed by atoms with Crippen molar-refractivity contribution in [3.8, 4) is 11.9 Å². The van der Waals surface area contributed by atoms with Gasteiger partial charge in [0, 0.05) is 11.8 Å². The van der Waals surface area contributed by atoms with E-state index in [0.717, 1.165) is 5.56 Å². The van der Waals surface area contributed by atoms with Gasteiger partial charge in [0.1, 0.15) is 6.07 Å². The number of hydrogen-bond donors (Lipinski definition) is 0. The highest BCUT2D eigenvalue weighted by Gasteiger charge is 2.03. The molecule has 2 heterocycles. The van der Waals surface area contributed by atoms with E-state index in [9.17, 15) is 0 Å². The van der Waals surface area contributed by atoms with Crippen LogP contribution in [0.15, 0.2) is 31.1 Å². The molecule has 0 aliphatic rings. The zero-order chi connectivity index (χ0) is 11.5. The van der Waals surface area contributed by atoms with E-state index in [1.54, 1.807) is 36.0 Å². The van der Waals surface area contributed by atoms with Crippen LogP contribution >= 0.6 is 0 Å². The quantitative estimate of drug-likeness (QED) is 0.762. The molecular weight excluding hydrogens is 200 g/mol. The summed E-state index contributed by atoms with van der Waals surface area (Å²) in [5.74, 6) is 0.699. The van der Waals surface area contributed by atoms with Gasteiger partial charge in [0.25, 0.3) is 0 Å². The van der Waals surface area contributed by atoms with Crippen molar-refractivity contribution in [3.63, 3.8) is 0 Å². The Morgan fingerprint density at radius 3 is 2.88 bits per heavy atom. The van der Waals surface area contributed by atoms with E-state index in [1.807, 2.05) is 6.20 Å². The highest BCUT2D eigenvalue weighted by atomic mass is 15.3. The second kappa shape index (κ2) is 3.99. The van der Waals surface area contributed by atoms with Crippen LogP contribution in [0.25, 0.3) is 11.9 Å². The lowest BCUT2D eigenvalue weighted by Gasteiger charge is -2.02. The second-order valence-electron chi connectivity index (χ2n) is 3.34. The van der Waals surface area contributed by atoms with Gasteiger partial charge in [-0.1, -0.05) is 12.7 Å². The van der Waals surface area contributed by atoms with Crippen LogP contribution in [0.4, 0.5) is 0 Å². The van der Waals surface area contributed by atoms with Gasteiger partial charge in [0.2, 0.25) is 0 Å². The van der Waals surface area contributed by atoms with Crippen molar-refractivity contribution >= 4 is 6.08 Å². The van der Waals surface area contributed by atoms with Crippen LogP contribution in [0.1, 0.15) is 16.8 Å². The maximum Gasteiger partial charge on any atom is 0.153 e. The summed E-state index contributed by atoms with van der Waals surface area (Å²) < 4.78 is 1.66. The van der Waals surface area contributed by atoms with Crippen LogP contribution in [0, 0.1) is 18.3 Å². The van der Waals surface area contributed by atoms with E-state index in [-0.39, 0.29) is 0 Å². The molecule has 0 spiro atoms. The first kappa shape index (κ1) is 10.1. The monoisotopic (exact) mass is 210 g/mol. The van der Waals surface area contributed by atoms with Crippen LogP contribution in [-0.2, 0) is 0 Å². The molecule has 16 heavy (non-hydrogen) atoms. The lowest BCUT2D eigenvalue weighted by molar-refractivity contribution is 0.840. The molecule has 2 rings (SSSR count). The van der Waals surface area contributed by atoms with Gasteiger partial charge >= 0.3 is 0 Å². The predicted octanol–water partition coefficient (Wildman–Crippen LogP) is 2.09. The van der Waals surface area contributed by atoms with Gasteiger partial charge in [-0.15, -0.1) is 0 Å². The third-order valence-corrected chi connectivity index (χ3v) is 2.26. The Morgan fingerprint density at radius 2 is 2.31 bits per heavy atom. The summed E-state index contributed by atoms with van der Waals surface area (Å²) in [5, 5.41) is 13.0. The van der Waals surface area contributed by atoms with E-state index in [1.165, 1.54) is 0 Å². The highest BCUT2D eigenvalue weighted by Crippen LogP contribution is 2.10. The Labute approximate surface area is 93.5 Å². The largest absolute Gasteiger partial charge is 0.233 e. The predicted molar refractivity (Wildman–Crippen MR) is 60.9 cm³/mol. The zero-order valence-electron chi connectivity index (χ0n) is 8.88. The zero-order valence-corrected chi connectivity index (χ0v) is 8.88. The summed E-state index contributed by atoms with van der Waals surface area (Å²) in [6.45, 7) is 5.47. The molecular formula is C12H10N4. The Hall–Kier alpha value is -2.41. The number of rotatable bonds is 2. The van der Waals surface area contributed by atoms with Gasteiger partial charge in [-0.3, -0.25) is 0 Å². The molecule has 0 bridgehead atoms. The maximum atomic E-state index is 8.80. The van der Waals surface area contributed by atoms with Gasteiger partial charge in [-0.2, -0.15) is 10.4 Å². The molecule has 4 heteroatoms. The van der Waals surface area contributed by atoms with Gasteiger partial charge < -0.3 is 0 Å². The van der Waals surface area contributed by atoms with Crippen LogP contribution in [0.5, 0.6) is 0 Å². The molecule has 0 N–H and O–H groups in total. The first-order valence-electron chi connectivity index (χ1n) is 4.80. The summed E-state index contributed by atoms with van der Waals surface area (Å²) in [6, 6.07) is 5.59. The number of aromatic nitrogens is 3. The van der Waals surface area contributed by atoms with Crippen molar-refractivity contribution in [3.05, 3.63) is 47.9 Å². The van der Waals surface area contributed by atoms with Crippen molar-refractivity contribution in [2.45, 2.75) is 6.92 Å². The molecule has 2 aromatic heterocycles. The third-order valence-electron chi connectivity index (χ3n) is 2.26. The van der Waals surface area contributed by atoms with Gasteiger partial charge in [0.15, 0.2) is 5.82 Å². The Bertz CT molecular complexity index is 575. The van der Waals surface area contributed by atoms with E-state index in [0.29, 0.717) is 17.1 Å². The molecule has 4 nitrogen and oxygen atoms in total. The Morgan fingerprint density at radius 1 is 1.50 bits per heavy atom. The van der Waals surface area contributed by atoms with Gasteiger partial charge in [-0.05, 0) is 19.1 Å². The van der Waals surface area contributed by atoms with E-state index in [2.05, 4.69) is 22.7 Å². The fourth-order valence-electron chi connectivity index (χ4n) is 1.36. The third kappa shape index (κ3) is 1.71. The number of aryl methyl sites for hydroxylation is 1. The minimum Gasteiger partial charge on any atom is -0.233 e. The fraction of sp³-hybridized carbons (Fsp3) is 0.0833. The number of nitrogens with zero attached hydrogens (tertiary/aromatic N) is 4. The summed E-state index contributed by atoms with van der Waals surface area (Å²) >= 11 is 0. The van der Waals surface area contributed by atoms with Crippen molar-refractivity contribution in [1.29, 1.82) is 5.26 Å². The molecule has 0 aliphatic carbocycles. The van der Waals surface area contributed by atoms with E-state index in [4.69, 9.17) is 5.26 Å². The molecule has 0 saturated carbocycles. The highest BCUT2D eigenvalue weighted by molar-refractivity contribution is 5.45. The molecule has 0 amide bonds. The molecule has 0 saturated heterocycles. The van der Waals surface area contributed by atoms with Crippen LogP contribution in [0.3, 0.4) is 0 Å². The Balaban J connectivity index is 2.45. The molecule has 0 aliphatic heterocycles. The average Bonchev–Trinajstić information content (AvgIpc) is 2.77. The maximum absolute atomic E-state index is 8.80. The topological polar surface area (TPSA) is 54.5 Å². The summed E-state index contributed by atoms with van der Waals surface area (Å²) in [6.07, 6.45) is 5.27. The SMILES string of the molecule is C=Cc1cnn(-c2ccc(C#N)c(C)n2)c1. The van der Waals surface area contributed by atoms with Crippen molar-refractivity contribution in [1.82, 2.24) is 14.8 Å². The van der Waals surface area contributed by atoms with Gasteiger partial charge in [-0.25, -0.2) is 9.67 Å². The fourth-order valence-corrected chi connectivity index (χ4v) is 1.36. The molecule has 0 fully saturated rings. The molecule has 0 radical (unpaired) electrons. The normalized spacial score (nSPS) is 9.75. The Kier molecular flexibility index (Phi) is 2.52. The first-order chi connectivity index (χ1) is 7.74. The van der Waals surface area contributed by atoms with Crippen molar-refractivity contribution in [2.75, 3.05) is 0 Å². The minimum atomic E-state index is 0.583. The molecule has 0 unspecified atom stereocenters. The average molecular weight is 210 g/mol.